The minimum absolute atomic E-state index is 0.0571. The first kappa shape index (κ1) is 18.7. The maximum absolute atomic E-state index is 13.1. The van der Waals surface area contributed by atoms with E-state index in [0.29, 0.717) is 30.5 Å². The highest BCUT2D eigenvalue weighted by atomic mass is 16.5. The number of pyridine rings is 1. The first-order valence-corrected chi connectivity index (χ1v) is 10.0. The SMILES string of the molecule is CCCOc1cccnc1C(=O)N1CCC2CN(c3nc(C)cc(C)n3)C2C1. The summed E-state index contributed by atoms with van der Waals surface area (Å²) in [5.41, 5.74) is 2.35. The first-order chi connectivity index (χ1) is 13.6. The molecule has 0 saturated carbocycles. The van der Waals surface area contributed by atoms with Crippen molar-refractivity contribution in [2.24, 2.45) is 5.92 Å². The van der Waals surface area contributed by atoms with Gasteiger partial charge in [-0.25, -0.2) is 15.0 Å². The summed E-state index contributed by atoms with van der Waals surface area (Å²) in [7, 11) is 0. The van der Waals surface area contributed by atoms with E-state index in [0.717, 1.165) is 43.3 Å². The van der Waals surface area contributed by atoms with Gasteiger partial charge in [-0.3, -0.25) is 4.79 Å². The van der Waals surface area contributed by atoms with Crippen LogP contribution in [0.25, 0.3) is 0 Å². The molecule has 28 heavy (non-hydrogen) atoms. The van der Waals surface area contributed by atoms with Crippen molar-refractivity contribution in [2.45, 2.75) is 39.7 Å². The molecule has 0 spiro atoms. The van der Waals surface area contributed by atoms with Crippen LogP contribution in [0.5, 0.6) is 5.75 Å². The normalized spacial score (nSPS) is 21.1. The van der Waals surface area contributed by atoms with E-state index in [1.807, 2.05) is 37.8 Å². The molecule has 4 rings (SSSR count). The van der Waals surface area contributed by atoms with Crippen LogP contribution >= 0.6 is 0 Å². The molecule has 2 atom stereocenters. The van der Waals surface area contributed by atoms with Crippen molar-refractivity contribution in [1.29, 1.82) is 0 Å². The molecule has 2 fully saturated rings. The molecule has 2 saturated heterocycles. The third-order valence-electron chi connectivity index (χ3n) is 5.50. The molecule has 4 heterocycles. The summed E-state index contributed by atoms with van der Waals surface area (Å²) in [6, 6.07) is 5.87. The molecule has 0 aliphatic carbocycles. The third-order valence-corrected chi connectivity index (χ3v) is 5.50. The predicted molar refractivity (Wildman–Crippen MR) is 107 cm³/mol. The number of carbonyl (C=O) groups is 1. The van der Waals surface area contributed by atoms with Crippen LogP contribution in [-0.2, 0) is 0 Å². The fourth-order valence-corrected chi connectivity index (χ4v) is 4.08. The minimum atomic E-state index is -0.0571. The lowest BCUT2D eigenvalue weighted by Gasteiger charge is -2.53. The number of amides is 1. The van der Waals surface area contributed by atoms with Gasteiger partial charge in [0, 0.05) is 43.1 Å². The molecule has 0 bridgehead atoms. The maximum Gasteiger partial charge on any atom is 0.276 e. The van der Waals surface area contributed by atoms with E-state index in [4.69, 9.17) is 4.74 Å². The molecule has 2 aliphatic rings. The summed E-state index contributed by atoms with van der Waals surface area (Å²) < 4.78 is 5.74. The summed E-state index contributed by atoms with van der Waals surface area (Å²) in [6.07, 6.45) is 3.54. The van der Waals surface area contributed by atoms with Gasteiger partial charge in [0.1, 0.15) is 0 Å². The Morgan fingerprint density at radius 2 is 2.04 bits per heavy atom. The van der Waals surface area contributed by atoms with E-state index in [1.165, 1.54) is 0 Å². The smallest absolute Gasteiger partial charge is 0.276 e. The van der Waals surface area contributed by atoms with Crippen molar-refractivity contribution in [3.8, 4) is 5.75 Å². The van der Waals surface area contributed by atoms with Gasteiger partial charge in [-0.2, -0.15) is 0 Å². The van der Waals surface area contributed by atoms with E-state index in [-0.39, 0.29) is 11.9 Å². The molecule has 1 amide bonds. The van der Waals surface area contributed by atoms with Crippen LogP contribution in [-0.4, -0.2) is 58.0 Å². The predicted octanol–water partition coefficient (Wildman–Crippen LogP) is 2.63. The molecule has 7 nitrogen and oxygen atoms in total. The molecule has 2 aromatic rings. The summed E-state index contributed by atoms with van der Waals surface area (Å²) in [5.74, 6) is 1.88. The molecule has 2 aliphatic heterocycles. The summed E-state index contributed by atoms with van der Waals surface area (Å²) in [4.78, 5) is 30.8. The molecule has 2 unspecified atom stereocenters. The zero-order valence-electron chi connectivity index (χ0n) is 16.8. The number of aryl methyl sites for hydroxylation is 2. The van der Waals surface area contributed by atoms with Crippen molar-refractivity contribution in [1.82, 2.24) is 19.9 Å². The Morgan fingerprint density at radius 1 is 1.25 bits per heavy atom. The molecular formula is C21H27N5O2. The molecular weight excluding hydrogens is 354 g/mol. The minimum Gasteiger partial charge on any atom is -0.491 e. The van der Waals surface area contributed by atoms with Gasteiger partial charge >= 0.3 is 0 Å². The van der Waals surface area contributed by atoms with E-state index in [9.17, 15) is 4.79 Å². The number of anilines is 1. The van der Waals surface area contributed by atoms with Gasteiger partial charge in [0.25, 0.3) is 5.91 Å². The zero-order valence-corrected chi connectivity index (χ0v) is 16.8. The highest BCUT2D eigenvalue weighted by Gasteiger charge is 2.45. The van der Waals surface area contributed by atoms with Crippen molar-refractivity contribution >= 4 is 11.9 Å². The number of hydrogen-bond donors (Lipinski definition) is 0. The lowest BCUT2D eigenvalue weighted by Crippen LogP contribution is -2.65. The van der Waals surface area contributed by atoms with Crippen LogP contribution in [0.15, 0.2) is 24.4 Å². The Kier molecular flexibility index (Phi) is 5.15. The number of rotatable bonds is 5. The molecule has 2 aromatic heterocycles. The molecule has 0 aromatic carbocycles. The zero-order chi connectivity index (χ0) is 19.7. The number of nitrogens with zero attached hydrogens (tertiary/aromatic N) is 5. The number of ether oxygens (including phenoxy) is 1. The highest BCUT2D eigenvalue weighted by Crippen LogP contribution is 2.35. The number of piperidine rings is 1. The average molecular weight is 381 g/mol. The Bertz CT molecular complexity index is 851. The third kappa shape index (κ3) is 3.53. The second kappa shape index (κ2) is 7.73. The van der Waals surface area contributed by atoms with E-state index in [1.54, 1.807) is 12.3 Å². The molecule has 148 valence electrons. The quantitative estimate of drug-likeness (QED) is 0.793. The molecule has 0 radical (unpaired) electrons. The Morgan fingerprint density at radius 3 is 2.79 bits per heavy atom. The van der Waals surface area contributed by atoms with Crippen molar-refractivity contribution < 1.29 is 9.53 Å². The fraction of sp³-hybridized carbons (Fsp3) is 0.524. The number of carbonyl (C=O) groups excluding carboxylic acids is 1. The number of aromatic nitrogens is 3. The lowest BCUT2D eigenvalue weighted by atomic mass is 9.82. The number of likely N-dealkylation sites (tertiary alicyclic amines) is 1. The van der Waals surface area contributed by atoms with Gasteiger partial charge in [-0.05, 0) is 44.9 Å². The van der Waals surface area contributed by atoms with Gasteiger partial charge < -0.3 is 14.5 Å². The fourth-order valence-electron chi connectivity index (χ4n) is 4.08. The van der Waals surface area contributed by atoms with Crippen LogP contribution in [0.3, 0.4) is 0 Å². The van der Waals surface area contributed by atoms with Crippen molar-refractivity contribution in [3.05, 3.63) is 41.5 Å². The van der Waals surface area contributed by atoms with Crippen LogP contribution in [0, 0.1) is 19.8 Å². The second-order valence-electron chi connectivity index (χ2n) is 7.67. The summed E-state index contributed by atoms with van der Waals surface area (Å²) >= 11 is 0. The van der Waals surface area contributed by atoms with E-state index in [2.05, 4.69) is 19.9 Å². The van der Waals surface area contributed by atoms with Crippen molar-refractivity contribution in [3.63, 3.8) is 0 Å². The second-order valence-corrected chi connectivity index (χ2v) is 7.67. The van der Waals surface area contributed by atoms with Gasteiger partial charge in [0.15, 0.2) is 11.4 Å². The van der Waals surface area contributed by atoms with Crippen LogP contribution < -0.4 is 9.64 Å². The Balaban J connectivity index is 1.50. The number of hydrogen-bond acceptors (Lipinski definition) is 6. The monoisotopic (exact) mass is 381 g/mol. The Hall–Kier alpha value is -2.70. The van der Waals surface area contributed by atoms with Gasteiger partial charge in [0.05, 0.1) is 12.6 Å². The van der Waals surface area contributed by atoms with Crippen molar-refractivity contribution in [2.75, 3.05) is 31.1 Å². The summed E-state index contributed by atoms with van der Waals surface area (Å²) in [6.45, 7) is 8.99. The average Bonchev–Trinajstić information content (AvgIpc) is 2.66. The first-order valence-electron chi connectivity index (χ1n) is 10.0. The summed E-state index contributed by atoms with van der Waals surface area (Å²) in [5, 5.41) is 0. The lowest BCUT2D eigenvalue weighted by molar-refractivity contribution is 0.0579. The standard InChI is InChI=1S/C21H27N5O2/c1-4-10-28-18-6-5-8-22-19(18)20(27)25-9-7-16-12-26(17(16)13-25)21-23-14(2)11-15(3)24-21/h5-6,8,11,16-17H,4,7,9-10,12-13H2,1-3H3. The highest BCUT2D eigenvalue weighted by molar-refractivity contribution is 5.95. The van der Waals surface area contributed by atoms with Crippen LogP contribution in [0.4, 0.5) is 5.95 Å². The number of fused-ring (bicyclic) bond motifs is 1. The van der Waals surface area contributed by atoms with E-state index < -0.39 is 0 Å². The topological polar surface area (TPSA) is 71.5 Å². The van der Waals surface area contributed by atoms with Gasteiger partial charge in [0.2, 0.25) is 5.95 Å². The van der Waals surface area contributed by atoms with Crippen LogP contribution in [0.1, 0.15) is 41.6 Å². The van der Waals surface area contributed by atoms with Gasteiger partial charge in [-0.1, -0.05) is 6.92 Å². The van der Waals surface area contributed by atoms with Gasteiger partial charge in [-0.15, -0.1) is 0 Å². The molecule has 7 heteroatoms. The Labute approximate surface area is 165 Å². The van der Waals surface area contributed by atoms with Crippen LogP contribution in [0.2, 0.25) is 0 Å². The maximum atomic E-state index is 13.1. The largest absolute Gasteiger partial charge is 0.491 e. The molecule has 0 N–H and O–H groups in total. The van der Waals surface area contributed by atoms with E-state index >= 15 is 0 Å².